The van der Waals surface area contributed by atoms with Gasteiger partial charge in [-0.15, -0.1) is 0 Å². The second kappa shape index (κ2) is 14.6. The van der Waals surface area contributed by atoms with Crippen LogP contribution in [0.3, 0.4) is 0 Å². The Morgan fingerprint density at radius 2 is 0.750 bits per heavy atom. The Morgan fingerprint density at radius 1 is 0.333 bits per heavy atom. The molecule has 0 saturated carbocycles. The van der Waals surface area contributed by atoms with Crippen LogP contribution in [0, 0.1) is 0 Å². The molecule has 0 aromatic heterocycles. The normalized spacial score (nSPS) is 13.0. The summed E-state index contributed by atoms with van der Waals surface area (Å²) in [6.07, 6.45) is 6.97. The van der Waals surface area contributed by atoms with Crippen LogP contribution in [0.25, 0.3) is 55.2 Å². The Bertz CT molecular complexity index is 3210. The lowest BCUT2D eigenvalue weighted by atomic mass is 9.87. The highest BCUT2D eigenvalue weighted by molar-refractivity contribution is 6.16. The SMILES string of the molecule is CC(C)(C)c1ccc(N(c2ccc3ccccc3c2)c2cc3c(cc(N(c4ccc(C(C)(C)C)cc4)c4ccc5ccccc5c4)c4ccccc43)c3c2=CCCC=3)cc1. The fourth-order valence-electron chi connectivity index (χ4n) is 9.22. The van der Waals surface area contributed by atoms with Gasteiger partial charge in [0.25, 0.3) is 0 Å². The monoisotopic (exact) mass is 776 g/mol. The zero-order valence-electron chi connectivity index (χ0n) is 35.6. The van der Waals surface area contributed by atoms with E-state index in [2.05, 4.69) is 233 Å². The average Bonchev–Trinajstić information content (AvgIpc) is 3.26. The first-order chi connectivity index (χ1) is 29.0. The molecule has 0 fully saturated rings. The first-order valence-corrected chi connectivity index (χ1v) is 21.5. The third-order valence-electron chi connectivity index (χ3n) is 12.5. The summed E-state index contributed by atoms with van der Waals surface area (Å²) in [4.78, 5) is 4.97. The summed E-state index contributed by atoms with van der Waals surface area (Å²) < 4.78 is 0. The molecule has 0 heterocycles. The van der Waals surface area contributed by atoms with E-state index < -0.39 is 0 Å². The van der Waals surface area contributed by atoms with Gasteiger partial charge in [0.15, 0.2) is 0 Å². The highest BCUT2D eigenvalue weighted by atomic mass is 15.2. The summed E-state index contributed by atoms with van der Waals surface area (Å²) in [5.41, 5.74) is 9.74. The summed E-state index contributed by atoms with van der Waals surface area (Å²) in [6, 6.07) is 63.6. The molecule has 0 atom stereocenters. The van der Waals surface area contributed by atoms with Crippen LogP contribution in [0.5, 0.6) is 0 Å². The fraction of sp³-hybridized carbons (Fsp3) is 0.172. The van der Waals surface area contributed by atoms with Crippen molar-refractivity contribution in [2.45, 2.75) is 65.2 Å². The predicted molar refractivity (Wildman–Crippen MR) is 261 cm³/mol. The van der Waals surface area contributed by atoms with Gasteiger partial charge in [0.1, 0.15) is 0 Å². The molecule has 0 saturated heterocycles. The molecule has 0 aliphatic heterocycles. The van der Waals surface area contributed by atoms with E-state index in [4.69, 9.17) is 0 Å². The van der Waals surface area contributed by atoms with Crippen LogP contribution in [0.2, 0.25) is 0 Å². The Kier molecular flexibility index (Phi) is 9.14. The minimum atomic E-state index is 0.0560. The van der Waals surface area contributed by atoms with Gasteiger partial charge in [-0.3, -0.25) is 0 Å². The molecule has 60 heavy (non-hydrogen) atoms. The Morgan fingerprint density at radius 3 is 1.27 bits per heavy atom. The number of fused-ring (bicyclic) bond motifs is 7. The van der Waals surface area contributed by atoms with E-state index in [-0.39, 0.29) is 10.8 Å². The van der Waals surface area contributed by atoms with Crippen molar-refractivity contribution in [3.63, 3.8) is 0 Å². The number of hydrogen-bond acceptors (Lipinski definition) is 2. The highest BCUT2D eigenvalue weighted by Gasteiger charge is 2.23. The molecule has 1 aliphatic carbocycles. The molecule has 0 radical (unpaired) electrons. The van der Waals surface area contributed by atoms with Crippen LogP contribution in [-0.4, -0.2) is 0 Å². The van der Waals surface area contributed by atoms with Crippen molar-refractivity contribution < 1.29 is 0 Å². The van der Waals surface area contributed by atoms with E-state index in [0.717, 1.165) is 35.6 Å². The molecular formula is C58H52N2. The molecular weight excluding hydrogens is 725 g/mol. The molecule has 2 heteroatoms. The minimum absolute atomic E-state index is 0.0560. The fourth-order valence-corrected chi connectivity index (χ4v) is 9.22. The van der Waals surface area contributed by atoms with Gasteiger partial charge < -0.3 is 9.80 Å². The van der Waals surface area contributed by atoms with E-state index in [1.54, 1.807) is 0 Å². The summed E-state index contributed by atoms with van der Waals surface area (Å²) in [6.45, 7) is 13.7. The standard InChI is InChI=1S/C58H52N2/c1-57(2,3)43-25-31-45(32-26-43)59(47-29-23-39-15-7-9-17-41(39)35-47)55-37-53-50-20-12-14-22-52(50)56(38-54(53)49-19-11-13-21-51(49)55)60(46-33-27-44(28-34-46)58(4,5)6)48-30-24-40-16-8-10-18-42(40)36-48/h7-11,13,15-38H,12,14H2,1-6H3. The third-order valence-corrected chi connectivity index (χ3v) is 12.5. The van der Waals surface area contributed by atoms with Crippen molar-refractivity contribution in [1.29, 1.82) is 0 Å². The van der Waals surface area contributed by atoms with Crippen molar-refractivity contribution in [3.8, 4) is 0 Å². The first kappa shape index (κ1) is 37.6. The van der Waals surface area contributed by atoms with Crippen molar-refractivity contribution in [3.05, 3.63) is 191 Å². The largest absolute Gasteiger partial charge is 0.310 e. The summed E-state index contributed by atoms with van der Waals surface area (Å²) >= 11 is 0. The topological polar surface area (TPSA) is 6.48 Å². The highest BCUT2D eigenvalue weighted by Crippen LogP contribution is 2.44. The lowest BCUT2D eigenvalue weighted by molar-refractivity contribution is 0.590. The zero-order valence-corrected chi connectivity index (χ0v) is 35.6. The quantitative estimate of drug-likeness (QED) is 0.155. The van der Waals surface area contributed by atoms with E-state index in [1.807, 2.05) is 0 Å². The molecule has 294 valence electrons. The number of anilines is 6. The van der Waals surface area contributed by atoms with Gasteiger partial charge in [0, 0.05) is 33.4 Å². The maximum Gasteiger partial charge on any atom is 0.0546 e. The summed E-state index contributed by atoms with van der Waals surface area (Å²) in [5.74, 6) is 0. The second-order valence-corrected chi connectivity index (χ2v) is 18.6. The average molecular weight is 777 g/mol. The molecule has 1 aliphatic rings. The number of nitrogens with zero attached hydrogens (tertiary/aromatic N) is 2. The second-order valence-electron chi connectivity index (χ2n) is 18.6. The summed E-state index contributed by atoms with van der Waals surface area (Å²) in [7, 11) is 0. The molecule has 9 aromatic rings. The van der Waals surface area contributed by atoms with Gasteiger partial charge in [0.05, 0.1) is 11.4 Å². The molecule has 0 unspecified atom stereocenters. The van der Waals surface area contributed by atoms with E-state index >= 15 is 0 Å². The molecule has 2 nitrogen and oxygen atoms in total. The van der Waals surface area contributed by atoms with Crippen molar-refractivity contribution in [2.24, 2.45) is 0 Å². The Hall–Kier alpha value is -6.64. The van der Waals surface area contributed by atoms with E-state index in [0.29, 0.717) is 0 Å². The molecule has 9 aromatic carbocycles. The maximum absolute atomic E-state index is 2.49. The summed E-state index contributed by atoms with van der Waals surface area (Å²) in [5, 5.41) is 12.5. The van der Waals surface area contributed by atoms with Gasteiger partial charge in [-0.2, -0.15) is 0 Å². The van der Waals surface area contributed by atoms with E-state index in [1.165, 1.54) is 76.0 Å². The van der Waals surface area contributed by atoms with Crippen LogP contribution in [-0.2, 0) is 10.8 Å². The predicted octanol–water partition coefficient (Wildman–Crippen LogP) is 15.2. The van der Waals surface area contributed by atoms with Crippen molar-refractivity contribution in [2.75, 3.05) is 9.80 Å². The first-order valence-electron chi connectivity index (χ1n) is 21.5. The molecule has 0 amide bonds. The number of benzene rings is 9. The van der Waals surface area contributed by atoms with Gasteiger partial charge in [-0.25, -0.2) is 0 Å². The third kappa shape index (κ3) is 6.71. The van der Waals surface area contributed by atoms with Crippen molar-refractivity contribution >= 4 is 89.4 Å². The number of rotatable bonds is 6. The zero-order chi connectivity index (χ0) is 41.2. The smallest absolute Gasteiger partial charge is 0.0546 e. The molecule has 0 bridgehead atoms. The Labute approximate surface area is 354 Å². The van der Waals surface area contributed by atoms with Gasteiger partial charge in [0.2, 0.25) is 0 Å². The van der Waals surface area contributed by atoms with E-state index in [9.17, 15) is 0 Å². The van der Waals surface area contributed by atoms with Gasteiger partial charge >= 0.3 is 0 Å². The van der Waals surface area contributed by atoms with Crippen LogP contribution in [0.15, 0.2) is 170 Å². The van der Waals surface area contributed by atoms with Crippen LogP contribution in [0.4, 0.5) is 34.1 Å². The van der Waals surface area contributed by atoms with Gasteiger partial charge in [-0.1, -0.05) is 163 Å². The number of hydrogen-bond donors (Lipinski definition) is 0. The lowest BCUT2D eigenvalue weighted by Gasteiger charge is -2.30. The van der Waals surface area contributed by atoms with Crippen LogP contribution in [0.1, 0.15) is 65.5 Å². The molecule has 0 N–H and O–H groups in total. The Balaban J connectivity index is 1.25. The maximum atomic E-state index is 2.49. The van der Waals surface area contributed by atoms with Crippen molar-refractivity contribution in [1.82, 2.24) is 0 Å². The minimum Gasteiger partial charge on any atom is -0.310 e. The van der Waals surface area contributed by atoms with Gasteiger partial charge in [-0.05, 0) is 138 Å². The molecule has 0 spiro atoms. The van der Waals surface area contributed by atoms with Crippen LogP contribution >= 0.6 is 0 Å². The molecule has 10 rings (SSSR count). The van der Waals surface area contributed by atoms with Crippen LogP contribution < -0.4 is 20.2 Å². The lowest BCUT2D eigenvalue weighted by Crippen LogP contribution is -2.33.